The van der Waals surface area contributed by atoms with Gasteiger partial charge in [-0.2, -0.15) is 5.16 Å². The monoisotopic (exact) mass is 482 g/mol. The van der Waals surface area contributed by atoms with Crippen LogP contribution in [0.25, 0.3) is 0 Å². The highest BCUT2D eigenvalue weighted by atomic mass is 28.3. The summed E-state index contributed by atoms with van der Waals surface area (Å²) >= 11 is 0. The molecular weight excluding hydrogens is 452 g/mol. The third-order valence-corrected chi connectivity index (χ3v) is 7.73. The summed E-state index contributed by atoms with van der Waals surface area (Å²) in [6.07, 6.45) is 0.125. The summed E-state index contributed by atoms with van der Waals surface area (Å²) < 4.78 is 15.7. The third kappa shape index (κ3) is 5.48. The first-order chi connectivity index (χ1) is 16.0. The van der Waals surface area contributed by atoms with Gasteiger partial charge in [0.2, 0.25) is 5.76 Å². The van der Waals surface area contributed by atoms with Gasteiger partial charge in [-0.3, -0.25) is 14.4 Å². The highest BCUT2D eigenvalue weighted by molar-refractivity contribution is 6.88. The van der Waals surface area contributed by atoms with Crippen molar-refractivity contribution in [2.75, 3.05) is 21.3 Å². The molecule has 9 heteroatoms. The SMILES string of the molecule is COc1ccc(C(C(=O)Cc2ccc([Si](C)(C)C)cc2)N(C)C(=O)c2cc(=O)[nH]o2)cc1OC. The largest absolute Gasteiger partial charge is 0.493 e. The molecule has 34 heavy (non-hydrogen) atoms. The van der Waals surface area contributed by atoms with E-state index in [0.29, 0.717) is 17.1 Å². The minimum atomic E-state index is -1.46. The van der Waals surface area contributed by atoms with Crippen LogP contribution in [0, 0.1) is 0 Å². The van der Waals surface area contributed by atoms with E-state index < -0.39 is 25.6 Å². The number of methoxy groups -OCH3 is 2. The van der Waals surface area contributed by atoms with Gasteiger partial charge in [0.25, 0.3) is 11.5 Å². The zero-order chi connectivity index (χ0) is 25.0. The van der Waals surface area contributed by atoms with E-state index in [2.05, 4.69) is 36.9 Å². The standard InChI is InChI=1S/C25H30N2O6Si/c1-27(25(30)22-15-23(29)26-33-22)24(17-9-12-20(31-2)21(14-17)32-3)19(28)13-16-7-10-18(11-8-16)34(4,5)6/h7-12,14-15,24H,13H2,1-6H3,(H,26,29). The fourth-order valence-corrected chi connectivity index (χ4v) is 4.92. The number of likely N-dealkylation sites (N-methyl/N-ethyl adjacent to an activating group) is 1. The lowest BCUT2D eigenvalue weighted by Crippen LogP contribution is -2.38. The average molecular weight is 483 g/mol. The molecule has 1 heterocycles. The number of nitrogens with zero attached hydrogens (tertiary/aromatic N) is 1. The molecule has 1 N–H and O–H groups in total. The van der Waals surface area contributed by atoms with Crippen LogP contribution < -0.4 is 20.2 Å². The number of carbonyl (C=O) groups excluding carboxylic acids is 2. The summed E-state index contributed by atoms with van der Waals surface area (Å²) in [5.74, 6) is -0.0242. The van der Waals surface area contributed by atoms with Crippen molar-refractivity contribution >= 4 is 25.0 Å². The van der Waals surface area contributed by atoms with Gasteiger partial charge in [0.15, 0.2) is 17.3 Å². The summed E-state index contributed by atoms with van der Waals surface area (Å²) in [6.45, 7) is 6.79. The molecule has 0 saturated carbocycles. The highest BCUT2D eigenvalue weighted by Gasteiger charge is 2.31. The van der Waals surface area contributed by atoms with E-state index in [0.717, 1.165) is 11.6 Å². The Morgan fingerprint density at radius 3 is 2.18 bits per heavy atom. The van der Waals surface area contributed by atoms with E-state index in [1.165, 1.54) is 31.4 Å². The van der Waals surface area contributed by atoms with Gasteiger partial charge < -0.3 is 18.9 Å². The minimum Gasteiger partial charge on any atom is -0.493 e. The van der Waals surface area contributed by atoms with E-state index in [1.807, 2.05) is 12.1 Å². The van der Waals surface area contributed by atoms with Crippen molar-refractivity contribution in [2.24, 2.45) is 0 Å². The Morgan fingerprint density at radius 1 is 1.00 bits per heavy atom. The molecule has 0 aliphatic carbocycles. The Kier molecular flexibility index (Phi) is 7.46. The van der Waals surface area contributed by atoms with Crippen LogP contribution in [0.3, 0.4) is 0 Å². The van der Waals surface area contributed by atoms with Crippen molar-refractivity contribution in [3.05, 3.63) is 75.8 Å². The Balaban J connectivity index is 1.97. The first-order valence-corrected chi connectivity index (χ1v) is 14.3. The minimum absolute atomic E-state index is 0.125. The number of ether oxygens (including phenoxy) is 2. The summed E-state index contributed by atoms with van der Waals surface area (Å²) in [7, 11) is 3.07. The summed E-state index contributed by atoms with van der Waals surface area (Å²) in [5, 5.41) is 3.41. The Morgan fingerprint density at radius 2 is 1.65 bits per heavy atom. The molecule has 1 atom stereocenters. The molecule has 0 aliphatic heterocycles. The predicted octanol–water partition coefficient (Wildman–Crippen LogP) is 3.16. The number of aromatic amines is 1. The average Bonchev–Trinajstić information content (AvgIpc) is 3.24. The molecule has 0 saturated heterocycles. The van der Waals surface area contributed by atoms with E-state index in [9.17, 15) is 14.4 Å². The second-order valence-electron chi connectivity index (χ2n) is 9.10. The number of H-pyrrole nitrogens is 1. The van der Waals surface area contributed by atoms with Crippen LogP contribution in [0.2, 0.25) is 19.6 Å². The van der Waals surface area contributed by atoms with Gasteiger partial charge in [-0.05, 0) is 23.3 Å². The second-order valence-corrected chi connectivity index (χ2v) is 14.2. The van der Waals surface area contributed by atoms with Crippen molar-refractivity contribution in [2.45, 2.75) is 32.1 Å². The number of Topliss-reactive ketones (excluding diaryl/α,β-unsaturated/α-hetero) is 1. The van der Waals surface area contributed by atoms with E-state index in [-0.39, 0.29) is 18.0 Å². The molecule has 1 aromatic heterocycles. The van der Waals surface area contributed by atoms with Crippen LogP contribution in [0.1, 0.15) is 27.7 Å². The van der Waals surface area contributed by atoms with Gasteiger partial charge >= 0.3 is 0 Å². The molecule has 0 bridgehead atoms. The fraction of sp³-hybridized carbons (Fsp3) is 0.320. The van der Waals surface area contributed by atoms with Crippen LogP contribution in [0.15, 0.2) is 57.8 Å². The smallest absolute Gasteiger partial charge is 0.293 e. The Hall–Kier alpha value is -3.59. The molecule has 0 radical (unpaired) electrons. The fourth-order valence-electron chi connectivity index (χ4n) is 3.75. The van der Waals surface area contributed by atoms with Crippen LogP contribution in [0.5, 0.6) is 11.5 Å². The molecule has 0 spiro atoms. The van der Waals surface area contributed by atoms with Crippen molar-refractivity contribution in [3.8, 4) is 11.5 Å². The van der Waals surface area contributed by atoms with Gasteiger partial charge in [-0.25, -0.2) is 0 Å². The maximum atomic E-state index is 13.6. The van der Waals surface area contributed by atoms with Crippen molar-refractivity contribution in [3.63, 3.8) is 0 Å². The highest BCUT2D eigenvalue weighted by Crippen LogP contribution is 2.33. The van der Waals surface area contributed by atoms with Crippen LogP contribution >= 0.6 is 0 Å². The number of nitrogens with one attached hydrogen (secondary N) is 1. The van der Waals surface area contributed by atoms with Crippen molar-refractivity contribution in [1.29, 1.82) is 0 Å². The number of rotatable bonds is 9. The van der Waals surface area contributed by atoms with Gasteiger partial charge in [0, 0.05) is 13.5 Å². The normalized spacial score (nSPS) is 12.2. The number of carbonyl (C=O) groups is 2. The van der Waals surface area contributed by atoms with E-state index in [1.54, 1.807) is 18.2 Å². The molecule has 0 aliphatic rings. The first kappa shape index (κ1) is 25.0. The molecule has 1 amide bonds. The lowest BCUT2D eigenvalue weighted by Gasteiger charge is -2.27. The maximum Gasteiger partial charge on any atom is 0.293 e. The molecule has 3 rings (SSSR count). The molecule has 3 aromatic rings. The molecule has 1 unspecified atom stereocenters. The quantitative estimate of drug-likeness (QED) is 0.470. The number of hydrogen-bond acceptors (Lipinski definition) is 6. The second kappa shape index (κ2) is 10.1. The summed E-state index contributed by atoms with van der Waals surface area (Å²) in [5.41, 5.74) is 0.870. The molecular formula is C25H30N2O6Si. The first-order valence-electron chi connectivity index (χ1n) is 10.8. The molecule has 2 aromatic carbocycles. The summed E-state index contributed by atoms with van der Waals surface area (Å²) in [4.78, 5) is 39.3. The van der Waals surface area contributed by atoms with Crippen LogP contribution in [-0.4, -0.2) is 51.1 Å². The van der Waals surface area contributed by atoms with E-state index >= 15 is 0 Å². The zero-order valence-electron chi connectivity index (χ0n) is 20.3. The zero-order valence-corrected chi connectivity index (χ0v) is 21.3. The molecule has 0 fully saturated rings. The number of aromatic nitrogens is 1. The lowest BCUT2D eigenvalue weighted by molar-refractivity contribution is -0.122. The lowest BCUT2D eigenvalue weighted by atomic mass is 9.95. The number of amides is 1. The van der Waals surface area contributed by atoms with Crippen molar-refractivity contribution < 1.29 is 23.6 Å². The topological polar surface area (TPSA) is 102 Å². The predicted molar refractivity (Wildman–Crippen MR) is 132 cm³/mol. The number of benzene rings is 2. The van der Waals surface area contributed by atoms with Gasteiger partial charge in [-0.15, -0.1) is 0 Å². The van der Waals surface area contributed by atoms with Crippen LogP contribution in [0.4, 0.5) is 0 Å². The molecule has 180 valence electrons. The number of hydrogen-bond donors (Lipinski definition) is 1. The van der Waals surface area contributed by atoms with E-state index in [4.69, 9.17) is 14.0 Å². The van der Waals surface area contributed by atoms with Gasteiger partial charge in [0.1, 0.15) is 6.04 Å². The third-order valence-electron chi connectivity index (χ3n) is 5.67. The van der Waals surface area contributed by atoms with Crippen LogP contribution in [-0.2, 0) is 11.2 Å². The van der Waals surface area contributed by atoms with Gasteiger partial charge in [-0.1, -0.05) is 55.2 Å². The summed E-state index contributed by atoms with van der Waals surface area (Å²) in [6, 6.07) is 13.3. The van der Waals surface area contributed by atoms with Gasteiger partial charge in [0.05, 0.1) is 28.4 Å². The number of ketones is 1. The van der Waals surface area contributed by atoms with Crippen molar-refractivity contribution in [1.82, 2.24) is 10.1 Å². The molecule has 8 nitrogen and oxygen atoms in total. The Labute approximate surface area is 199 Å². The maximum absolute atomic E-state index is 13.6. The Bertz CT molecular complexity index is 1220.